The first-order valence-electron chi connectivity index (χ1n) is 13.9. The van der Waals surface area contributed by atoms with Gasteiger partial charge in [0.1, 0.15) is 0 Å². The number of hydrogen-bond acceptors (Lipinski definition) is 5. The number of imide groups is 1. The Kier molecular flexibility index (Phi) is 6.31. The number of carbonyl (C=O) groups is 3. The molecule has 204 valence electrons. The molecular weight excluding hydrogens is 482 g/mol. The molecule has 7 atom stereocenters. The van der Waals surface area contributed by atoms with Crippen LogP contribution in [0.5, 0.6) is 0 Å². The smallest absolute Gasteiger partial charge is 0.270 e. The number of nitrogens with zero attached hydrogens (tertiary/aromatic N) is 2. The van der Waals surface area contributed by atoms with Crippen molar-refractivity contribution in [3.63, 3.8) is 0 Å². The number of amides is 3. The molecular formula is C30H39N3O5. The van der Waals surface area contributed by atoms with Crippen molar-refractivity contribution in [3.8, 4) is 0 Å². The molecule has 3 amide bonds. The quantitative estimate of drug-likeness (QED) is 0.331. The highest BCUT2D eigenvalue weighted by Gasteiger charge is 2.62. The fourth-order valence-electron chi connectivity index (χ4n) is 8.52. The number of benzene rings is 1. The van der Waals surface area contributed by atoms with Crippen molar-refractivity contribution in [2.24, 2.45) is 34.5 Å². The second-order valence-corrected chi connectivity index (χ2v) is 13.4. The van der Waals surface area contributed by atoms with Crippen molar-refractivity contribution in [1.29, 1.82) is 0 Å². The van der Waals surface area contributed by atoms with Gasteiger partial charge in [-0.05, 0) is 88.5 Å². The number of fused-ring (bicyclic) bond motifs is 5. The number of rotatable bonds is 3. The molecule has 1 aliphatic heterocycles. The van der Waals surface area contributed by atoms with Gasteiger partial charge in [-0.3, -0.25) is 29.4 Å². The molecule has 1 aromatic rings. The lowest BCUT2D eigenvalue weighted by molar-refractivity contribution is -0.384. The van der Waals surface area contributed by atoms with E-state index < -0.39 is 10.8 Å². The van der Waals surface area contributed by atoms with Crippen LogP contribution in [0.3, 0.4) is 0 Å². The molecule has 1 heterocycles. The van der Waals surface area contributed by atoms with Crippen LogP contribution in [-0.2, 0) is 9.59 Å². The molecule has 0 spiro atoms. The second-order valence-electron chi connectivity index (χ2n) is 13.4. The Morgan fingerprint density at radius 3 is 2.50 bits per heavy atom. The van der Waals surface area contributed by atoms with Gasteiger partial charge in [-0.1, -0.05) is 26.0 Å². The van der Waals surface area contributed by atoms with Crippen LogP contribution in [0.1, 0.15) is 83.5 Å². The number of non-ortho nitro benzene ring substituents is 1. The molecule has 5 rings (SSSR count). The van der Waals surface area contributed by atoms with Crippen molar-refractivity contribution >= 4 is 23.4 Å². The number of nitro benzene ring substituents is 1. The minimum Gasteiger partial charge on any atom is -0.351 e. The van der Waals surface area contributed by atoms with Gasteiger partial charge in [-0.2, -0.15) is 0 Å². The number of carbonyl (C=O) groups excluding carboxylic acids is 3. The molecule has 1 aromatic carbocycles. The van der Waals surface area contributed by atoms with Crippen LogP contribution in [-0.4, -0.2) is 39.1 Å². The highest BCUT2D eigenvalue weighted by molar-refractivity contribution is 6.09. The molecule has 1 N–H and O–H groups in total. The number of nitro groups is 1. The summed E-state index contributed by atoms with van der Waals surface area (Å²) >= 11 is 0. The molecule has 4 unspecified atom stereocenters. The highest BCUT2D eigenvalue weighted by Crippen LogP contribution is 2.65. The van der Waals surface area contributed by atoms with Gasteiger partial charge in [0.25, 0.3) is 17.5 Å². The van der Waals surface area contributed by atoms with Crippen molar-refractivity contribution in [2.75, 3.05) is 0 Å². The number of hydrogen-bond donors (Lipinski definition) is 1. The first-order valence-corrected chi connectivity index (χ1v) is 13.9. The molecule has 3 saturated carbocycles. The predicted octanol–water partition coefficient (Wildman–Crippen LogP) is 5.28. The van der Waals surface area contributed by atoms with E-state index in [1.807, 2.05) is 26.8 Å². The lowest BCUT2D eigenvalue weighted by atomic mass is 9.47. The standard InChI is InChI=1S/C30H39N3O5/c1-28(2,3)31-26(35)23-11-10-21-20-9-12-24-30(5,22(20)13-15-29(21,23)4)16-14-25(34)32(24)27(36)18-7-6-8-19(17-18)33(37)38/h6-8,14,16-17,20-24H,9-13,15H2,1-5H3,(H,31,35)/t20?,21?,22?,23?,24-,29+,30-/m1/s1. The molecule has 4 aliphatic rings. The normalized spacial score (nSPS) is 36.2. The van der Waals surface area contributed by atoms with Crippen LogP contribution in [0.2, 0.25) is 0 Å². The fraction of sp³-hybridized carbons (Fsp3) is 0.633. The van der Waals surface area contributed by atoms with Gasteiger partial charge in [-0.15, -0.1) is 0 Å². The van der Waals surface area contributed by atoms with E-state index in [-0.39, 0.29) is 51.4 Å². The molecule has 0 saturated heterocycles. The second kappa shape index (κ2) is 9.02. The van der Waals surface area contributed by atoms with Gasteiger partial charge in [-0.25, -0.2) is 0 Å². The summed E-state index contributed by atoms with van der Waals surface area (Å²) in [5.74, 6) is 0.498. The van der Waals surface area contributed by atoms with E-state index >= 15 is 0 Å². The molecule has 3 fully saturated rings. The molecule has 8 heteroatoms. The van der Waals surface area contributed by atoms with Crippen molar-refractivity contribution < 1.29 is 19.3 Å². The zero-order chi connectivity index (χ0) is 27.6. The van der Waals surface area contributed by atoms with E-state index in [4.69, 9.17) is 0 Å². The van der Waals surface area contributed by atoms with E-state index in [1.165, 1.54) is 35.2 Å². The first-order chi connectivity index (χ1) is 17.8. The Balaban J connectivity index is 1.42. The van der Waals surface area contributed by atoms with Gasteiger partial charge in [0, 0.05) is 46.7 Å². The molecule has 38 heavy (non-hydrogen) atoms. The summed E-state index contributed by atoms with van der Waals surface area (Å²) in [7, 11) is 0. The highest BCUT2D eigenvalue weighted by atomic mass is 16.6. The van der Waals surface area contributed by atoms with Gasteiger partial charge in [0.15, 0.2) is 0 Å². The largest absolute Gasteiger partial charge is 0.351 e. The zero-order valence-corrected chi connectivity index (χ0v) is 23.0. The SMILES string of the molecule is CC(C)(C)NC(=O)C1CCC2C3CC[C@H]4N(C(=O)c5cccc([N+](=O)[O-])c5)C(=O)C=C[C@]4(C)C3CC[C@]12C. The number of nitrogens with one attached hydrogen (secondary N) is 1. The van der Waals surface area contributed by atoms with E-state index in [2.05, 4.69) is 19.2 Å². The molecule has 8 nitrogen and oxygen atoms in total. The first kappa shape index (κ1) is 26.6. The van der Waals surface area contributed by atoms with Gasteiger partial charge in [0.05, 0.1) is 4.92 Å². The van der Waals surface area contributed by atoms with E-state index in [1.54, 1.807) is 0 Å². The lowest BCUT2D eigenvalue weighted by Gasteiger charge is -2.60. The average Bonchev–Trinajstić information content (AvgIpc) is 3.20. The molecule has 0 radical (unpaired) electrons. The lowest BCUT2D eigenvalue weighted by Crippen LogP contribution is -2.62. The maximum atomic E-state index is 13.6. The summed E-state index contributed by atoms with van der Waals surface area (Å²) in [4.78, 5) is 52.1. The Hall–Kier alpha value is -3.03. The van der Waals surface area contributed by atoms with E-state index in [0.717, 1.165) is 32.1 Å². The van der Waals surface area contributed by atoms with E-state index in [0.29, 0.717) is 24.2 Å². The Bertz CT molecular complexity index is 1220. The van der Waals surface area contributed by atoms with Gasteiger partial charge < -0.3 is 5.32 Å². The molecule has 0 bridgehead atoms. The van der Waals surface area contributed by atoms with Gasteiger partial charge in [0.2, 0.25) is 5.91 Å². The summed E-state index contributed by atoms with van der Waals surface area (Å²) in [5, 5.41) is 14.5. The maximum Gasteiger partial charge on any atom is 0.270 e. The zero-order valence-electron chi connectivity index (χ0n) is 23.0. The van der Waals surface area contributed by atoms with Crippen LogP contribution in [0, 0.1) is 44.6 Å². The predicted molar refractivity (Wildman–Crippen MR) is 143 cm³/mol. The van der Waals surface area contributed by atoms with Crippen LogP contribution in [0.25, 0.3) is 0 Å². The summed E-state index contributed by atoms with van der Waals surface area (Å²) in [6.45, 7) is 10.6. The third-order valence-corrected chi connectivity index (χ3v) is 10.2. The maximum absolute atomic E-state index is 13.6. The summed E-state index contributed by atoms with van der Waals surface area (Å²) in [6.07, 6.45) is 8.97. The fourth-order valence-corrected chi connectivity index (χ4v) is 8.52. The minimum absolute atomic E-state index is 0.00799. The summed E-state index contributed by atoms with van der Waals surface area (Å²) < 4.78 is 0. The summed E-state index contributed by atoms with van der Waals surface area (Å²) in [6, 6.07) is 5.33. The van der Waals surface area contributed by atoms with Crippen LogP contribution < -0.4 is 5.32 Å². The van der Waals surface area contributed by atoms with Crippen LogP contribution >= 0.6 is 0 Å². The van der Waals surface area contributed by atoms with Gasteiger partial charge >= 0.3 is 0 Å². The molecule has 0 aromatic heterocycles. The Labute approximate surface area is 224 Å². The van der Waals surface area contributed by atoms with E-state index in [9.17, 15) is 24.5 Å². The third-order valence-electron chi connectivity index (χ3n) is 10.2. The summed E-state index contributed by atoms with van der Waals surface area (Å²) in [5.41, 5.74) is -0.692. The van der Waals surface area contributed by atoms with Crippen LogP contribution in [0.4, 0.5) is 5.69 Å². The Morgan fingerprint density at radius 1 is 1.08 bits per heavy atom. The third kappa shape index (κ3) is 4.16. The average molecular weight is 522 g/mol. The Morgan fingerprint density at radius 2 is 1.82 bits per heavy atom. The van der Waals surface area contributed by atoms with Crippen molar-refractivity contribution in [1.82, 2.24) is 10.2 Å². The van der Waals surface area contributed by atoms with Crippen molar-refractivity contribution in [2.45, 2.75) is 84.7 Å². The van der Waals surface area contributed by atoms with Crippen LogP contribution in [0.15, 0.2) is 36.4 Å². The minimum atomic E-state index is -0.528. The molecule has 3 aliphatic carbocycles. The van der Waals surface area contributed by atoms with Crippen molar-refractivity contribution in [3.05, 3.63) is 52.1 Å². The monoisotopic (exact) mass is 521 g/mol. The topological polar surface area (TPSA) is 110 Å².